The van der Waals surface area contributed by atoms with Gasteiger partial charge >= 0.3 is 0 Å². The zero-order valence-electron chi connectivity index (χ0n) is 4.76. The van der Waals surface area contributed by atoms with Gasteiger partial charge < -0.3 is 5.32 Å². The van der Waals surface area contributed by atoms with E-state index in [1.165, 1.54) is 0 Å². The Morgan fingerprint density at radius 3 is 2.67 bits per heavy atom. The number of rotatable bonds is 0. The summed E-state index contributed by atoms with van der Waals surface area (Å²) in [6.45, 7) is -0.00579. The predicted molar refractivity (Wildman–Crippen MR) is 28.9 cm³/mol. The SMILES string of the molecule is NN1CC(=O)NCC1=O. The van der Waals surface area contributed by atoms with Gasteiger partial charge in [-0.3, -0.25) is 14.6 Å². The predicted octanol–water partition coefficient (Wildman–Crippen LogP) is -2.18. The van der Waals surface area contributed by atoms with E-state index in [2.05, 4.69) is 5.32 Å². The zero-order chi connectivity index (χ0) is 6.85. The van der Waals surface area contributed by atoms with Crippen LogP contribution in [-0.4, -0.2) is 29.9 Å². The van der Waals surface area contributed by atoms with E-state index in [0.29, 0.717) is 0 Å². The highest BCUT2D eigenvalue weighted by Crippen LogP contribution is 1.85. The van der Waals surface area contributed by atoms with Gasteiger partial charge in [-0.2, -0.15) is 0 Å². The van der Waals surface area contributed by atoms with Crippen LogP contribution in [0, 0.1) is 0 Å². The number of nitrogens with zero attached hydrogens (tertiary/aromatic N) is 1. The van der Waals surface area contributed by atoms with E-state index in [0.717, 1.165) is 5.01 Å². The summed E-state index contributed by atoms with van der Waals surface area (Å²) >= 11 is 0. The van der Waals surface area contributed by atoms with Gasteiger partial charge in [0.25, 0.3) is 5.91 Å². The molecule has 0 saturated carbocycles. The number of carbonyl (C=O) groups is 2. The average Bonchev–Trinajstić information content (AvgIpc) is 1.80. The van der Waals surface area contributed by atoms with E-state index in [1.807, 2.05) is 0 Å². The van der Waals surface area contributed by atoms with Crippen LogP contribution < -0.4 is 11.2 Å². The van der Waals surface area contributed by atoms with Crippen molar-refractivity contribution in [1.29, 1.82) is 0 Å². The van der Waals surface area contributed by atoms with Crippen molar-refractivity contribution in [2.24, 2.45) is 5.84 Å². The van der Waals surface area contributed by atoms with E-state index in [-0.39, 0.29) is 24.9 Å². The minimum absolute atomic E-state index is 0.0231. The topological polar surface area (TPSA) is 75.4 Å². The molecule has 1 saturated heterocycles. The molecule has 9 heavy (non-hydrogen) atoms. The number of hydrogen-bond acceptors (Lipinski definition) is 3. The summed E-state index contributed by atoms with van der Waals surface area (Å²) in [5.74, 6) is 4.63. The van der Waals surface area contributed by atoms with Crippen molar-refractivity contribution >= 4 is 11.8 Å². The van der Waals surface area contributed by atoms with E-state index in [9.17, 15) is 9.59 Å². The van der Waals surface area contributed by atoms with Crippen LogP contribution in [0.4, 0.5) is 0 Å². The largest absolute Gasteiger partial charge is 0.345 e. The van der Waals surface area contributed by atoms with Gasteiger partial charge in [-0.25, -0.2) is 5.84 Å². The van der Waals surface area contributed by atoms with Crippen LogP contribution in [0.1, 0.15) is 0 Å². The first-order valence-corrected chi connectivity index (χ1v) is 2.52. The molecule has 0 aromatic rings. The third-order valence-corrected chi connectivity index (χ3v) is 1.07. The summed E-state index contributed by atoms with van der Waals surface area (Å²) in [5.41, 5.74) is 0. The summed E-state index contributed by atoms with van der Waals surface area (Å²) in [5, 5.41) is 3.25. The molecule has 0 aromatic carbocycles. The Morgan fingerprint density at radius 2 is 2.22 bits per heavy atom. The molecule has 2 amide bonds. The second-order valence-corrected chi connectivity index (χ2v) is 1.80. The third kappa shape index (κ3) is 1.17. The van der Waals surface area contributed by atoms with Crippen LogP contribution in [0.25, 0.3) is 0 Å². The fourth-order valence-electron chi connectivity index (χ4n) is 0.575. The molecule has 1 aliphatic heterocycles. The van der Waals surface area contributed by atoms with E-state index < -0.39 is 0 Å². The van der Waals surface area contributed by atoms with Crippen LogP contribution >= 0.6 is 0 Å². The Labute approximate surface area is 51.8 Å². The van der Waals surface area contributed by atoms with Gasteiger partial charge in [0, 0.05) is 0 Å². The van der Waals surface area contributed by atoms with E-state index in [4.69, 9.17) is 5.84 Å². The molecule has 5 nitrogen and oxygen atoms in total. The molecule has 5 heteroatoms. The number of hydrogen-bond donors (Lipinski definition) is 2. The maximum absolute atomic E-state index is 10.5. The Morgan fingerprint density at radius 1 is 1.56 bits per heavy atom. The van der Waals surface area contributed by atoms with E-state index >= 15 is 0 Å². The Kier molecular flexibility index (Phi) is 1.35. The lowest BCUT2D eigenvalue weighted by atomic mass is 10.4. The number of nitrogens with two attached hydrogens (primary N) is 1. The molecule has 0 radical (unpaired) electrons. The molecule has 0 bridgehead atoms. The standard InChI is InChI=1S/C4H7N3O2/c5-7-2-3(8)6-1-4(7)9/h1-2,5H2,(H,6,8). The fraction of sp³-hybridized carbons (Fsp3) is 0.500. The zero-order valence-corrected chi connectivity index (χ0v) is 4.76. The molecule has 0 atom stereocenters. The highest BCUT2D eigenvalue weighted by atomic mass is 16.2. The van der Waals surface area contributed by atoms with Crippen molar-refractivity contribution in [1.82, 2.24) is 10.3 Å². The second-order valence-electron chi connectivity index (χ2n) is 1.80. The number of piperazine rings is 1. The summed E-state index contributed by atoms with van der Waals surface area (Å²) in [6, 6.07) is 0. The van der Waals surface area contributed by atoms with Gasteiger partial charge in [-0.15, -0.1) is 0 Å². The molecule has 0 aliphatic carbocycles. The quantitative estimate of drug-likeness (QED) is 0.288. The van der Waals surface area contributed by atoms with Crippen LogP contribution in [0.3, 0.4) is 0 Å². The monoisotopic (exact) mass is 129 g/mol. The van der Waals surface area contributed by atoms with Crippen molar-refractivity contribution in [2.75, 3.05) is 13.1 Å². The van der Waals surface area contributed by atoms with Gasteiger partial charge in [0.1, 0.15) is 6.54 Å². The molecule has 1 fully saturated rings. The first-order valence-electron chi connectivity index (χ1n) is 2.52. The third-order valence-electron chi connectivity index (χ3n) is 1.07. The van der Waals surface area contributed by atoms with Crippen LogP contribution in [0.2, 0.25) is 0 Å². The van der Waals surface area contributed by atoms with Gasteiger partial charge in [0.05, 0.1) is 6.54 Å². The van der Waals surface area contributed by atoms with Crippen LogP contribution in [0.5, 0.6) is 0 Å². The molecule has 3 N–H and O–H groups in total. The summed E-state index contributed by atoms with van der Waals surface area (Å²) in [7, 11) is 0. The number of nitrogens with one attached hydrogen (secondary N) is 1. The van der Waals surface area contributed by atoms with Crippen LogP contribution in [-0.2, 0) is 9.59 Å². The number of carbonyl (C=O) groups excluding carboxylic acids is 2. The average molecular weight is 129 g/mol. The van der Waals surface area contributed by atoms with Crippen molar-refractivity contribution in [3.8, 4) is 0 Å². The highest BCUT2D eigenvalue weighted by Gasteiger charge is 2.19. The first kappa shape index (κ1) is 6.03. The smallest absolute Gasteiger partial charge is 0.256 e. The molecular formula is C4H7N3O2. The molecule has 1 heterocycles. The van der Waals surface area contributed by atoms with Gasteiger partial charge in [-0.05, 0) is 0 Å². The number of amides is 2. The van der Waals surface area contributed by atoms with Gasteiger partial charge in [0.15, 0.2) is 0 Å². The molecule has 0 aromatic heterocycles. The van der Waals surface area contributed by atoms with Crippen molar-refractivity contribution < 1.29 is 9.59 Å². The van der Waals surface area contributed by atoms with E-state index in [1.54, 1.807) is 0 Å². The van der Waals surface area contributed by atoms with Crippen LogP contribution in [0.15, 0.2) is 0 Å². The Balaban J connectivity index is 2.54. The normalized spacial score (nSPS) is 19.9. The molecule has 50 valence electrons. The van der Waals surface area contributed by atoms with Crippen molar-refractivity contribution in [2.45, 2.75) is 0 Å². The maximum Gasteiger partial charge on any atom is 0.256 e. The Bertz CT molecular complexity index is 156. The molecule has 1 rings (SSSR count). The highest BCUT2D eigenvalue weighted by molar-refractivity contribution is 5.91. The lowest BCUT2D eigenvalue weighted by molar-refractivity contribution is -0.140. The minimum atomic E-state index is -0.255. The first-order chi connectivity index (χ1) is 4.20. The molecule has 1 aliphatic rings. The fourth-order valence-corrected chi connectivity index (χ4v) is 0.575. The van der Waals surface area contributed by atoms with Crippen molar-refractivity contribution in [3.05, 3.63) is 0 Å². The summed E-state index contributed by atoms with van der Waals surface area (Å²) in [6.07, 6.45) is 0. The summed E-state index contributed by atoms with van der Waals surface area (Å²) < 4.78 is 0. The van der Waals surface area contributed by atoms with Crippen molar-refractivity contribution in [3.63, 3.8) is 0 Å². The Hall–Kier alpha value is -1.10. The molecule has 0 spiro atoms. The lowest BCUT2D eigenvalue weighted by Gasteiger charge is -2.20. The second kappa shape index (κ2) is 2.02. The number of hydrazine groups is 1. The summed E-state index contributed by atoms with van der Waals surface area (Å²) in [4.78, 5) is 21.0. The van der Waals surface area contributed by atoms with Gasteiger partial charge in [-0.1, -0.05) is 0 Å². The lowest BCUT2D eigenvalue weighted by Crippen LogP contribution is -2.54. The minimum Gasteiger partial charge on any atom is -0.345 e. The maximum atomic E-state index is 10.5. The molecular weight excluding hydrogens is 122 g/mol. The van der Waals surface area contributed by atoms with Gasteiger partial charge in [0.2, 0.25) is 5.91 Å². The molecule has 0 unspecified atom stereocenters.